The second-order valence-corrected chi connectivity index (χ2v) is 24.7. The first-order valence-electron chi connectivity index (χ1n) is 26.0. The van der Waals surface area contributed by atoms with Gasteiger partial charge in [-0.2, -0.15) is 0 Å². The maximum absolute atomic E-state index is 13.4. The van der Waals surface area contributed by atoms with Gasteiger partial charge in [-0.25, -0.2) is 9.59 Å². The van der Waals surface area contributed by atoms with E-state index >= 15 is 0 Å². The van der Waals surface area contributed by atoms with E-state index in [1.807, 2.05) is 20.8 Å². The average molecular weight is 1040 g/mol. The van der Waals surface area contributed by atoms with Crippen LogP contribution in [0.5, 0.6) is 0 Å². The highest BCUT2D eigenvalue weighted by molar-refractivity contribution is 5.87. The third-order valence-electron chi connectivity index (χ3n) is 20.1. The Balaban J connectivity index is 1.12. The number of hydrogen-bond acceptors (Lipinski definition) is 20. The maximum atomic E-state index is 13.4. The number of carboxylic acids is 1. The van der Waals surface area contributed by atoms with E-state index in [9.17, 15) is 70.9 Å². The highest BCUT2D eigenvalue weighted by Crippen LogP contribution is 2.76. The lowest BCUT2D eigenvalue weighted by Gasteiger charge is -2.73. The molecule has 0 bridgehead atoms. The Morgan fingerprint density at radius 1 is 0.726 bits per heavy atom. The number of allylic oxidation sites excluding steroid dienone is 2. The number of rotatable bonds is 11. The van der Waals surface area contributed by atoms with Gasteiger partial charge in [0.15, 0.2) is 25.0 Å². The van der Waals surface area contributed by atoms with Crippen molar-refractivity contribution < 1.29 is 104 Å². The van der Waals surface area contributed by atoms with Crippen molar-refractivity contribution in [1.82, 2.24) is 0 Å². The monoisotopic (exact) mass is 1040 g/mol. The van der Waals surface area contributed by atoms with E-state index in [1.54, 1.807) is 19.9 Å². The molecule has 3 heterocycles. The minimum atomic E-state index is -2.10. The summed E-state index contributed by atoms with van der Waals surface area (Å²) in [5.41, 5.74) is -3.15. The number of aliphatic carboxylic acids is 1. The minimum Gasteiger partial charge on any atom is -0.479 e. The van der Waals surface area contributed by atoms with Gasteiger partial charge in [0.25, 0.3) is 0 Å². The van der Waals surface area contributed by atoms with Crippen molar-refractivity contribution in [2.75, 3.05) is 19.8 Å². The fourth-order valence-corrected chi connectivity index (χ4v) is 15.7. The van der Waals surface area contributed by atoms with Crippen LogP contribution in [0.2, 0.25) is 0 Å². The van der Waals surface area contributed by atoms with Crippen LogP contribution in [0.3, 0.4) is 0 Å². The molecule has 8 aliphatic rings. The average Bonchev–Trinajstić information content (AvgIpc) is 3.33. The number of aliphatic hydroxyl groups is 11. The third kappa shape index (κ3) is 8.89. The topological polar surface area (TPSA) is 342 Å². The number of esters is 1. The second kappa shape index (κ2) is 20.2. The van der Waals surface area contributed by atoms with Crippen LogP contribution in [0.25, 0.3) is 0 Å². The van der Waals surface area contributed by atoms with Crippen LogP contribution in [0.15, 0.2) is 23.3 Å². The van der Waals surface area contributed by atoms with E-state index < -0.39 is 175 Å². The molecule has 0 unspecified atom stereocenters. The Morgan fingerprint density at radius 3 is 2.01 bits per heavy atom. The molecule has 5 aliphatic carbocycles. The zero-order valence-electron chi connectivity index (χ0n) is 43.4. The van der Waals surface area contributed by atoms with Crippen LogP contribution in [0.4, 0.5) is 0 Å². The summed E-state index contributed by atoms with van der Waals surface area (Å²) >= 11 is 0. The van der Waals surface area contributed by atoms with E-state index in [1.165, 1.54) is 0 Å². The molecule has 3 saturated heterocycles. The van der Waals surface area contributed by atoms with Gasteiger partial charge in [-0.05, 0) is 98.2 Å². The normalized spacial score (nSPS) is 51.6. The SMILES string of the molecule is C/C=C(/C)C(=O)O[C@H]1CC(C)(C)C[C@H]2C3=CC[C@@H]4[C@@]5(C)CC[C@H](O[C@H]6O[C@H](C(=O)O)[C@@H](O)[C@H](O[C@@H]7OC[C@H](O)[C@H](O)[C@H]7O)[C@H]6O[C@@H]6O[C@H](CO)[C@@H](O)[C@H](O)[C@H]6O)C(C)(C)[C@@H]5CC[C@@]4(C)[C@]3(C)[C@@H](O)[C@@H](O)[C@@]12CO. The highest BCUT2D eigenvalue weighted by Gasteiger charge is 2.75. The second-order valence-electron chi connectivity index (χ2n) is 24.7. The van der Waals surface area contributed by atoms with Crippen LogP contribution < -0.4 is 0 Å². The molecule has 73 heavy (non-hydrogen) atoms. The number of hydrogen-bond donors (Lipinski definition) is 12. The number of carboxylic acid groups (broad SMARTS) is 1. The van der Waals surface area contributed by atoms with E-state index in [2.05, 4.69) is 33.8 Å². The van der Waals surface area contributed by atoms with Gasteiger partial charge >= 0.3 is 11.9 Å². The summed E-state index contributed by atoms with van der Waals surface area (Å²) < 4.78 is 42.5. The molecular formula is C52H82O21. The van der Waals surface area contributed by atoms with Crippen molar-refractivity contribution in [2.45, 2.75) is 218 Å². The molecule has 3 aliphatic heterocycles. The standard InChI is InChI=1S/C52H82O21/c1-10-22(2)43(66)69-30-18-47(3,4)17-24-23-11-12-28-49(7)15-14-29(48(5,6)27(49)13-16-50(28,8)51(23,9)40(62)41(63)52(24,30)21-54)70-46-39(73-45-35(60)33(58)32(57)26(19-53)68-45)37(36(61)38(72-46)42(64)65)71-44-34(59)31(56)25(55)20-67-44/h10-11,24-41,44-46,53-63H,12-21H2,1-9H3,(H,64,65)/b22-10-/t24-,25-,26+,27-,28+,29-,30-,31-,32+,33-,34+,35+,36-,37-,38-,39+,40-,41+,44-,45-,46-,49-,50+,51-,52+/m0/s1. The van der Waals surface area contributed by atoms with Crippen LogP contribution in [0.1, 0.15) is 107 Å². The van der Waals surface area contributed by atoms with Crippen molar-refractivity contribution >= 4 is 11.9 Å². The lowest BCUT2D eigenvalue weighted by molar-refractivity contribution is -0.392. The molecule has 0 amide bonds. The van der Waals surface area contributed by atoms with E-state index in [0.717, 1.165) is 5.57 Å². The Bertz CT molecular complexity index is 2100. The van der Waals surface area contributed by atoms with Crippen LogP contribution >= 0.6 is 0 Å². The lowest BCUT2D eigenvalue weighted by atomic mass is 9.32. The number of fused-ring (bicyclic) bond motifs is 7. The van der Waals surface area contributed by atoms with E-state index in [0.29, 0.717) is 50.5 Å². The van der Waals surface area contributed by atoms with Crippen LogP contribution in [-0.4, -0.2) is 203 Å². The molecule has 25 atom stereocenters. The lowest BCUT2D eigenvalue weighted by Crippen LogP contribution is -2.74. The molecule has 0 radical (unpaired) electrons. The van der Waals surface area contributed by atoms with Gasteiger partial charge in [0.1, 0.15) is 67.1 Å². The zero-order valence-corrected chi connectivity index (χ0v) is 43.4. The van der Waals surface area contributed by atoms with Gasteiger partial charge in [-0.15, -0.1) is 0 Å². The van der Waals surface area contributed by atoms with Crippen molar-refractivity contribution in [3.8, 4) is 0 Å². The summed E-state index contributed by atoms with van der Waals surface area (Å²) in [5.74, 6) is -2.76. The van der Waals surface area contributed by atoms with Crippen molar-refractivity contribution in [1.29, 1.82) is 0 Å². The summed E-state index contributed by atoms with van der Waals surface area (Å²) in [4.78, 5) is 26.2. The highest BCUT2D eigenvalue weighted by atomic mass is 16.8. The largest absolute Gasteiger partial charge is 0.479 e. The maximum Gasteiger partial charge on any atom is 0.335 e. The predicted octanol–water partition coefficient (Wildman–Crippen LogP) is -0.225. The van der Waals surface area contributed by atoms with Gasteiger partial charge < -0.3 is 94.4 Å². The zero-order chi connectivity index (χ0) is 53.9. The Hall–Kier alpha value is -2.26. The fraction of sp³-hybridized carbons (Fsp3) is 0.885. The van der Waals surface area contributed by atoms with Gasteiger partial charge in [-0.1, -0.05) is 66.2 Å². The third-order valence-corrected chi connectivity index (χ3v) is 20.1. The molecule has 21 nitrogen and oxygen atoms in total. The molecule has 4 saturated carbocycles. The van der Waals surface area contributed by atoms with Crippen LogP contribution in [-0.2, 0) is 42.7 Å². The molecule has 8 rings (SSSR count). The summed E-state index contributed by atoms with van der Waals surface area (Å²) in [6.07, 6.45) is -22.3. The first kappa shape index (κ1) is 56.9. The summed E-state index contributed by atoms with van der Waals surface area (Å²) in [5, 5.41) is 133. The first-order valence-corrected chi connectivity index (χ1v) is 26.0. The minimum absolute atomic E-state index is 0.0629. The Labute approximate surface area is 426 Å². The van der Waals surface area contributed by atoms with Crippen LogP contribution in [0, 0.1) is 50.2 Å². The fourth-order valence-electron chi connectivity index (χ4n) is 15.7. The number of carbonyl (C=O) groups is 2. The number of ether oxygens (including phenoxy) is 7. The molecule has 0 aromatic rings. The Morgan fingerprint density at radius 2 is 1.38 bits per heavy atom. The Kier molecular flexibility index (Phi) is 15.7. The van der Waals surface area contributed by atoms with Gasteiger partial charge in [0.05, 0.1) is 43.5 Å². The number of carbonyl (C=O) groups excluding carboxylic acids is 1. The molecular weight excluding hydrogens is 961 g/mol. The van der Waals surface area contributed by atoms with E-state index in [-0.39, 0.29) is 17.3 Å². The molecule has 7 fully saturated rings. The molecule has 0 aromatic carbocycles. The molecule has 12 N–H and O–H groups in total. The van der Waals surface area contributed by atoms with Gasteiger partial charge in [0.2, 0.25) is 0 Å². The van der Waals surface area contributed by atoms with Crippen molar-refractivity contribution in [2.24, 2.45) is 50.2 Å². The molecule has 0 aromatic heterocycles. The number of aliphatic hydroxyl groups excluding tert-OH is 11. The first-order chi connectivity index (χ1) is 34.0. The van der Waals surface area contributed by atoms with E-state index in [4.69, 9.17) is 33.2 Å². The van der Waals surface area contributed by atoms with Gasteiger partial charge in [-0.3, -0.25) is 0 Å². The molecule has 0 spiro atoms. The summed E-state index contributed by atoms with van der Waals surface area (Å²) in [6.45, 7) is 16.3. The quantitative estimate of drug-likeness (QED) is 0.0551. The predicted molar refractivity (Wildman–Crippen MR) is 252 cm³/mol. The summed E-state index contributed by atoms with van der Waals surface area (Å²) in [6, 6.07) is 0. The van der Waals surface area contributed by atoms with Gasteiger partial charge in [0, 0.05) is 11.0 Å². The molecule has 416 valence electrons. The van der Waals surface area contributed by atoms with Crippen molar-refractivity contribution in [3.05, 3.63) is 23.3 Å². The summed E-state index contributed by atoms with van der Waals surface area (Å²) in [7, 11) is 0. The van der Waals surface area contributed by atoms with Crippen molar-refractivity contribution in [3.63, 3.8) is 0 Å². The smallest absolute Gasteiger partial charge is 0.335 e. The molecule has 21 heteroatoms.